The molecular formula is C7H15NO2S. The molecule has 66 valence electrons. The van der Waals surface area contributed by atoms with E-state index in [0.29, 0.717) is 6.54 Å². The minimum atomic E-state index is -0.201. The average molecular weight is 177 g/mol. The van der Waals surface area contributed by atoms with Gasteiger partial charge in [0.1, 0.15) is 0 Å². The van der Waals surface area contributed by atoms with Crippen molar-refractivity contribution in [2.75, 3.05) is 25.2 Å². The highest BCUT2D eigenvalue weighted by Gasteiger charge is 2.16. The fourth-order valence-electron chi connectivity index (χ4n) is 0.659. The normalized spacial score (nSPS) is 12.6. The van der Waals surface area contributed by atoms with Crippen molar-refractivity contribution >= 4 is 17.7 Å². The lowest BCUT2D eigenvalue weighted by Crippen LogP contribution is -2.26. The molecule has 4 heteroatoms. The second kappa shape index (κ2) is 6.49. The van der Waals surface area contributed by atoms with Crippen LogP contribution >= 0.6 is 11.8 Å². The summed E-state index contributed by atoms with van der Waals surface area (Å²) < 4.78 is 4.57. The van der Waals surface area contributed by atoms with E-state index in [2.05, 4.69) is 11.7 Å². The van der Waals surface area contributed by atoms with Crippen LogP contribution in [0.4, 0.5) is 0 Å². The number of hydrogen-bond acceptors (Lipinski definition) is 4. The zero-order valence-electron chi connectivity index (χ0n) is 7.00. The summed E-state index contributed by atoms with van der Waals surface area (Å²) in [6.45, 7) is 2.43. The summed E-state index contributed by atoms with van der Waals surface area (Å²) in [5, 5.41) is 0. The van der Waals surface area contributed by atoms with Gasteiger partial charge in [-0.25, -0.2) is 0 Å². The number of hydrogen-bond donors (Lipinski definition) is 1. The van der Waals surface area contributed by atoms with E-state index >= 15 is 0 Å². The standard InChI is InChI=1S/C7H15NO2S/c1-3-11-5-6(4-8)7(9)10-2/h6H,3-5,8H2,1-2H3. The predicted molar refractivity (Wildman–Crippen MR) is 47.6 cm³/mol. The summed E-state index contributed by atoms with van der Waals surface area (Å²) in [6.07, 6.45) is 0. The summed E-state index contributed by atoms with van der Waals surface area (Å²) >= 11 is 1.70. The maximum atomic E-state index is 10.9. The minimum Gasteiger partial charge on any atom is -0.469 e. The van der Waals surface area contributed by atoms with E-state index in [-0.39, 0.29) is 11.9 Å². The van der Waals surface area contributed by atoms with Crippen molar-refractivity contribution in [2.45, 2.75) is 6.92 Å². The molecule has 0 aliphatic carbocycles. The van der Waals surface area contributed by atoms with Crippen LogP contribution in [0.1, 0.15) is 6.92 Å². The summed E-state index contributed by atoms with van der Waals surface area (Å²) in [5.74, 6) is 1.44. The number of carbonyl (C=O) groups excluding carboxylic acids is 1. The first kappa shape index (κ1) is 10.8. The Morgan fingerprint density at radius 3 is 2.73 bits per heavy atom. The number of methoxy groups -OCH3 is 1. The van der Waals surface area contributed by atoms with E-state index in [9.17, 15) is 4.79 Å². The Hall–Kier alpha value is -0.220. The van der Waals surface area contributed by atoms with Crippen molar-refractivity contribution in [1.29, 1.82) is 0 Å². The van der Waals surface area contributed by atoms with Gasteiger partial charge >= 0.3 is 5.97 Å². The second-order valence-corrected chi connectivity index (χ2v) is 3.43. The lowest BCUT2D eigenvalue weighted by atomic mass is 10.2. The molecule has 0 aliphatic heterocycles. The molecule has 0 rings (SSSR count). The Morgan fingerprint density at radius 1 is 1.73 bits per heavy atom. The largest absolute Gasteiger partial charge is 0.469 e. The Morgan fingerprint density at radius 2 is 2.36 bits per heavy atom. The van der Waals surface area contributed by atoms with Gasteiger partial charge in [0, 0.05) is 12.3 Å². The molecule has 0 aromatic rings. The summed E-state index contributed by atoms with van der Waals surface area (Å²) in [4.78, 5) is 10.9. The number of nitrogens with two attached hydrogens (primary N) is 1. The van der Waals surface area contributed by atoms with Crippen LogP contribution in [-0.2, 0) is 9.53 Å². The molecule has 0 bridgehead atoms. The Labute approximate surface area is 71.7 Å². The highest BCUT2D eigenvalue weighted by Crippen LogP contribution is 2.08. The third-order valence-corrected chi connectivity index (χ3v) is 2.39. The van der Waals surface area contributed by atoms with E-state index in [0.717, 1.165) is 11.5 Å². The fraction of sp³-hybridized carbons (Fsp3) is 0.857. The molecule has 3 nitrogen and oxygen atoms in total. The van der Waals surface area contributed by atoms with Gasteiger partial charge < -0.3 is 10.5 Å². The van der Waals surface area contributed by atoms with Crippen LogP contribution in [0.25, 0.3) is 0 Å². The maximum Gasteiger partial charge on any atom is 0.310 e. The topological polar surface area (TPSA) is 52.3 Å². The molecule has 0 aromatic carbocycles. The maximum absolute atomic E-state index is 10.9. The van der Waals surface area contributed by atoms with Crippen LogP contribution in [0.3, 0.4) is 0 Å². The quantitative estimate of drug-likeness (QED) is 0.621. The molecule has 0 amide bonds. The van der Waals surface area contributed by atoms with Crippen LogP contribution in [0.5, 0.6) is 0 Å². The van der Waals surface area contributed by atoms with E-state index in [4.69, 9.17) is 5.73 Å². The van der Waals surface area contributed by atoms with Gasteiger partial charge in [-0.1, -0.05) is 6.92 Å². The van der Waals surface area contributed by atoms with Gasteiger partial charge in [0.2, 0.25) is 0 Å². The molecular weight excluding hydrogens is 162 g/mol. The van der Waals surface area contributed by atoms with Crippen molar-refractivity contribution in [2.24, 2.45) is 11.7 Å². The minimum absolute atomic E-state index is 0.134. The SMILES string of the molecule is CCSCC(CN)C(=O)OC. The first-order valence-corrected chi connectivity index (χ1v) is 4.77. The molecule has 0 heterocycles. The van der Waals surface area contributed by atoms with E-state index in [1.54, 1.807) is 11.8 Å². The lowest BCUT2D eigenvalue weighted by Gasteiger charge is -2.10. The van der Waals surface area contributed by atoms with Crippen molar-refractivity contribution in [3.05, 3.63) is 0 Å². The molecule has 2 N–H and O–H groups in total. The zero-order chi connectivity index (χ0) is 8.69. The summed E-state index contributed by atoms with van der Waals surface area (Å²) in [5.41, 5.74) is 5.38. The monoisotopic (exact) mass is 177 g/mol. The van der Waals surface area contributed by atoms with E-state index in [1.165, 1.54) is 7.11 Å². The van der Waals surface area contributed by atoms with Crippen LogP contribution in [0.2, 0.25) is 0 Å². The van der Waals surface area contributed by atoms with Crippen LogP contribution < -0.4 is 5.73 Å². The van der Waals surface area contributed by atoms with Crippen molar-refractivity contribution in [3.8, 4) is 0 Å². The average Bonchev–Trinajstić information content (AvgIpc) is 2.05. The number of rotatable bonds is 5. The third kappa shape index (κ3) is 4.27. The second-order valence-electron chi connectivity index (χ2n) is 2.12. The molecule has 0 spiro atoms. The first-order valence-electron chi connectivity index (χ1n) is 3.61. The highest BCUT2D eigenvalue weighted by atomic mass is 32.2. The van der Waals surface area contributed by atoms with Gasteiger partial charge in [-0.05, 0) is 5.75 Å². The van der Waals surface area contributed by atoms with Crippen LogP contribution in [0, 0.1) is 5.92 Å². The molecule has 0 aliphatic rings. The van der Waals surface area contributed by atoms with Gasteiger partial charge in [0.25, 0.3) is 0 Å². The first-order chi connectivity index (χ1) is 5.26. The molecule has 0 saturated heterocycles. The lowest BCUT2D eigenvalue weighted by molar-refractivity contribution is -0.144. The van der Waals surface area contributed by atoms with Crippen molar-refractivity contribution in [3.63, 3.8) is 0 Å². The Balaban J connectivity index is 3.65. The fourth-order valence-corrected chi connectivity index (χ4v) is 1.45. The predicted octanol–water partition coefficient (Wildman–Crippen LogP) is 0.487. The van der Waals surface area contributed by atoms with Gasteiger partial charge in [0.05, 0.1) is 13.0 Å². The molecule has 0 radical (unpaired) electrons. The molecule has 0 fully saturated rings. The van der Waals surface area contributed by atoms with Crippen LogP contribution in [-0.4, -0.2) is 31.1 Å². The summed E-state index contributed by atoms with van der Waals surface area (Å²) in [7, 11) is 1.39. The number of carbonyl (C=O) groups is 1. The molecule has 11 heavy (non-hydrogen) atoms. The van der Waals surface area contributed by atoms with E-state index < -0.39 is 0 Å². The Bertz CT molecular complexity index is 119. The van der Waals surface area contributed by atoms with Gasteiger partial charge in [-0.15, -0.1) is 0 Å². The Kier molecular flexibility index (Phi) is 6.36. The van der Waals surface area contributed by atoms with Gasteiger partial charge in [-0.2, -0.15) is 11.8 Å². The molecule has 0 saturated carbocycles. The van der Waals surface area contributed by atoms with Crippen LogP contribution in [0.15, 0.2) is 0 Å². The van der Waals surface area contributed by atoms with E-state index in [1.807, 2.05) is 0 Å². The molecule has 1 atom stereocenters. The number of esters is 1. The van der Waals surface area contributed by atoms with Gasteiger partial charge in [0.15, 0.2) is 0 Å². The summed E-state index contributed by atoms with van der Waals surface area (Å²) in [6, 6.07) is 0. The highest BCUT2D eigenvalue weighted by molar-refractivity contribution is 7.99. The zero-order valence-corrected chi connectivity index (χ0v) is 7.82. The third-order valence-electron chi connectivity index (χ3n) is 1.34. The molecule has 1 unspecified atom stereocenters. The van der Waals surface area contributed by atoms with Crippen molar-refractivity contribution in [1.82, 2.24) is 0 Å². The van der Waals surface area contributed by atoms with Gasteiger partial charge in [-0.3, -0.25) is 4.79 Å². The number of thioether (sulfide) groups is 1. The smallest absolute Gasteiger partial charge is 0.310 e. The van der Waals surface area contributed by atoms with Crippen molar-refractivity contribution < 1.29 is 9.53 Å². The molecule has 0 aromatic heterocycles. The number of ether oxygens (including phenoxy) is 1.